The lowest BCUT2D eigenvalue weighted by atomic mass is 9.72. The fraction of sp³-hybridized carbons (Fsp3) is 0.550. The van der Waals surface area contributed by atoms with Crippen molar-refractivity contribution in [3.05, 3.63) is 36.0 Å². The Morgan fingerprint density at radius 3 is 2.92 bits per heavy atom. The lowest BCUT2D eigenvalue weighted by Gasteiger charge is -2.53. The van der Waals surface area contributed by atoms with Crippen LogP contribution >= 0.6 is 11.6 Å². The van der Waals surface area contributed by atoms with Gasteiger partial charge in [-0.25, -0.2) is 0 Å². The van der Waals surface area contributed by atoms with Gasteiger partial charge in [0.15, 0.2) is 5.06 Å². The summed E-state index contributed by atoms with van der Waals surface area (Å²) < 4.78 is 5.35. The molecule has 0 saturated carbocycles. The van der Waals surface area contributed by atoms with Crippen molar-refractivity contribution < 1.29 is 9.84 Å². The molecule has 134 valence electrons. The summed E-state index contributed by atoms with van der Waals surface area (Å²) in [7, 11) is 1.64. The van der Waals surface area contributed by atoms with Gasteiger partial charge in [0.1, 0.15) is 5.75 Å². The molecule has 4 heterocycles. The number of aromatic nitrogens is 1. The number of pyridine rings is 1. The molecule has 0 amide bonds. The smallest absolute Gasteiger partial charge is 0.180 e. The highest BCUT2D eigenvalue weighted by molar-refractivity contribution is 6.24. The van der Waals surface area contributed by atoms with Gasteiger partial charge in [0.25, 0.3) is 0 Å². The molecule has 1 N–H and O–H groups in total. The normalized spacial score (nSPS) is 31.0. The zero-order valence-corrected chi connectivity index (χ0v) is 15.5. The second kappa shape index (κ2) is 6.42. The molecule has 5 rings (SSSR count). The second-order valence-electron chi connectivity index (χ2n) is 7.38. The summed E-state index contributed by atoms with van der Waals surface area (Å²) in [5.74, 6) is 2.13. The van der Waals surface area contributed by atoms with Gasteiger partial charge in [0.05, 0.1) is 18.7 Å². The van der Waals surface area contributed by atoms with Crippen molar-refractivity contribution in [1.29, 1.82) is 0 Å². The third-order valence-electron chi connectivity index (χ3n) is 6.18. The van der Waals surface area contributed by atoms with E-state index in [1.165, 1.54) is 12.8 Å². The van der Waals surface area contributed by atoms with E-state index >= 15 is 0 Å². The Kier molecular flexibility index (Phi) is 4.38. The lowest BCUT2D eigenvalue weighted by molar-refractivity contribution is -0.0752. The average molecular weight is 361 g/mol. The highest BCUT2D eigenvalue weighted by atomic mass is 35.5. The van der Waals surface area contributed by atoms with Crippen molar-refractivity contribution in [2.75, 3.05) is 20.2 Å². The summed E-state index contributed by atoms with van der Waals surface area (Å²) in [5.41, 5.74) is 1.54. The zero-order chi connectivity index (χ0) is 17.6. The standard InChI is InChI=1S/C20H25ClN2O2/c1-3-13-12-23-9-7-14(13)10-19(23)20(21,24)17-6-8-22-18-5-4-15(25-2)11-16(17)18/h4-6,8,11,13-14,19,24H,3,7,9-10,12H2,1-2H3/t13-,14-,19-,20+/m0/s1. The topological polar surface area (TPSA) is 45.6 Å². The number of aliphatic hydroxyl groups is 1. The number of halogens is 1. The third kappa shape index (κ3) is 2.80. The maximum absolute atomic E-state index is 11.4. The van der Waals surface area contributed by atoms with Crippen molar-refractivity contribution in [3.63, 3.8) is 0 Å². The number of hydrogen-bond donors (Lipinski definition) is 1. The van der Waals surface area contributed by atoms with E-state index in [1.807, 2.05) is 24.3 Å². The third-order valence-corrected chi connectivity index (χ3v) is 6.64. The Morgan fingerprint density at radius 1 is 1.40 bits per heavy atom. The maximum atomic E-state index is 11.4. The van der Waals surface area contributed by atoms with Crippen LogP contribution < -0.4 is 4.74 Å². The summed E-state index contributed by atoms with van der Waals surface area (Å²) in [5, 5.41) is 10.8. The van der Waals surface area contributed by atoms with E-state index in [0.717, 1.165) is 47.6 Å². The quantitative estimate of drug-likeness (QED) is 0.843. The zero-order valence-electron chi connectivity index (χ0n) is 14.8. The van der Waals surface area contributed by atoms with Crippen LogP contribution in [-0.2, 0) is 5.06 Å². The minimum Gasteiger partial charge on any atom is -0.497 e. The molecule has 0 spiro atoms. The maximum Gasteiger partial charge on any atom is 0.180 e. The predicted octanol–water partition coefficient (Wildman–Crippen LogP) is 3.75. The molecule has 3 aliphatic rings. The van der Waals surface area contributed by atoms with Crippen LogP contribution in [0.15, 0.2) is 30.5 Å². The molecule has 25 heavy (non-hydrogen) atoms. The second-order valence-corrected chi connectivity index (χ2v) is 7.95. The van der Waals surface area contributed by atoms with Gasteiger partial charge < -0.3 is 9.84 Å². The highest BCUT2D eigenvalue weighted by Gasteiger charge is 2.49. The molecule has 0 radical (unpaired) electrons. The van der Waals surface area contributed by atoms with E-state index in [1.54, 1.807) is 13.3 Å². The SMILES string of the molecule is CC[C@H]1CN2CC[C@H]1C[C@H]2[C@@](O)(Cl)c1ccnc2ccc(OC)cc12. The van der Waals surface area contributed by atoms with Crippen molar-refractivity contribution in [2.45, 2.75) is 37.3 Å². The lowest BCUT2D eigenvalue weighted by Crippen LogP contribution is -2.59. The first kappa shape index (κ1) is 17.1. The first-order valence-corrected chi connectivity index (χ1v) is 9.51. The van der Waals surface area contributed by atoms with Crippen LogP contribution in [0, 0.1) is 11.8 Å². The van der Waals surface area contributed by atoms with Crippen LogP contribution in [0.2, 0.25) is 0 Å². The van der Waals surface area contributed by atoms with Crippen LogP contribution in [0.5, 0.6) is 5.75 Å². The van der Waals surface area contributed by atoms with E-state index in [2.05, 4.69) is 16.8 Å². The average Bonchev–Trinajstić information content (AvgIpc) is 2.67. The Labute approximate surface area is 153 Å². The fourth-order valence-corrected chi connectivity index (χ4v) is 5.13. The van der Waals surface area contributed by atoms with E-state index in [4.69, 9.17) is 16.3 Å². The Bertz CT molecular complexity index is 779. The molecule has 3 saturated heterocycles. The van der Waals surface area contributed by atoms with Crippen molar-refractivity contribution in [1.82, 2.24) is 9.88 Å². The molecular formula is C20H25ClN2O2. The van der Waals surface area contributed by atoms with Gasteiger partial charge in [-0.05, 0) is 55.5 Å². The Hall–Kier alpha value is -1.36. The molecular weight excluding hydrogens is 336 g/mol. The molecule has 5 heteroatoms. The van der Waals surface area contributed by atoms with E-state index < -0.39 is 5.06 Å². The van der Waals surface area contributed by atoms with Crippen LogP contribution in [0.1, 0.15) is 31.7 Å². The number of fused-ring (bicyclic) bond motifs is 4. The number of alkyl halides is 1. The van der Waals surface area contributed by atoms with Gasteiger partial charge in [-0.3, -0.25) is 9.88 Å². The summed E-state index contributed by atoms with van der Waals surface area (Å²) in [6, 6.07) is 7.48. The van der Waals surface area contributed by atoms with E-state index in [0.29, 0.717) is 5.92 Å². The Morgan fingerprint density at radius 2 is 2.24 bits per heavy atom. The number of piperidine rings is 3. The molecule has 3 fully saturated rings. The first-order valence-electron chi connectivity index (χ1n) is 9.13. The summed E-state index contributed by atoms with van der Waals surface area (Å²) in [4.78, 5) is 6.79. The molecule has 1 aromatic heterocycles. The van der Waals surface area contributed by atoms with E-state index in [-0.39, 0.29) is 6.04 Å². The molecule has 4 nitrogen and oxygen atoms in total. The molecule has 2 bridgehead atoms. The number of ether oxygens (including phenoxy) is 1. The van der Waals surface area contributed by atoms with Crippen LogP contribution in [-0.4, -0.2) is 41.2 Å². The molecule has 3 aliphatic heterocycles. The molecule has 1 unspecified atom stereocenters. The van der Waals surface area contributed by atoms with Crippen LogP contribution in [0.25, 0.3) is 10.9 Å². The van der Waals surface area contributed by atoms with Gasteiger partial charge in [0.2, 0.25) is 0 Å². The minimum absolute atomic E-state index is 0.0625. The monoisotopic (exact) mass is 360 g/mol. The minimum atomic E-state index is -1.43. The predicted molar refractivity (Wildman–Crippen MR) is 99.9 cm³/mol. The molecule has 0 aliphatic carbocycles. The van der Waals surface area contributed by atoms with Gasteiger partial charge in [-0.15, -0.1) is 0 Å². The first-order chi connectivity index (χ1) is 12.0. The highest BCUT2D eigenvalue weighted by Crippen LogP contribution is 2.47. The number of benzene rings is 1. The molecule has 1 aromatic carbocycles. The summed E-state index contributed by atoms with van der Waals surface area (Å²) in [6.45, 7) is 4.32. The van der Waals surface area contributed by atoms with Crippen molar-refractivity contribution >= 4 is 22.5 Å². The summed E-state index contributed by atoms with van der Waals surface area (Å²) in [6.07, 6.45) is 5.09. The number of methoxy groups -OCH3 is 1. The largest absolute Gasteiger partial charge is 0.497 e. The molecule has 2 aromatic rings. The van der Waals surface area contributed by atoms with Gasteiger partial charge in [-0.1, -0.05) is 24.9 Å². The number of nitrogens with zero attached hydrogens (tertiary/aromatic N) is 2. The fourth-order valence-electron chi connectivity index (χ4n) is 4.74. The van der Waals surface area contributed by atoms with Crippen molar-refractivity contribution in [2.24, 2.45) is 11.8 Å². The molecule has 5 atom stereocenters. The van der Waals surface area contributed by atoms with E-state index in [9.17, 15) is 5.11 Å². The Balaban J connectivity index is 1.75. The summed E-state index contributed by atoms with van der Waals surface area (Å²) >= 11 is 6.85. The van der Waals surface area contributed by atoms with Gasteiger partial charge >= 0.3 is 0 Å². The number of hydrogen-bond acceptors (Lipinski definition) is 4. The van der Waals surface area contributed by atoms with Gasteiger partial charge in [-0.2, -0.15) is 0 Å². The van der Waals surface area contributed by atoms with Gasteiger partial charge in [0, 0.05) is 23.7 Å². The number of rotatable bonds is 4. The van der Waals surface area contributed by atoms with Crippen molar-refractivity contribution in [3.8, 4) is 5.75 Å². The van der Waals surface area contributed by atoms with Crippen LogP contribution in [0.4, 0.5) is 0 Å². The van der Waals surface area contributed by atoms with Crippen LogP contribution in [0.3, 0.4) is 0 Å².